The minimum absolute atomic E-state index is 0.0529. The van der Waals surface area contributed by atoms with E-state index >= 15 is 0 Å². The number of hydrogen-bond acceptors (Lipinski definition) is 3. The molecule has 1 aromatic rings. The predicted octanol–water partition coefficient (Wildman–Crippen LogP) is 2.06. The zero-order valence-electron chi connectivity index (χ0n) is 9.45. The Labute approximate surface area is 90.3 Å². The Morgan fingerprint density at radius 2 is 2.00 bits per heavy atom. The zero-order chi connectivity index (χ0) is 11.4. The number of hydrogen-bond donors (Lipinski definition) is 2. The van der Waals surface area contributed by atoms with Crippen molar-refractivity contribution < 1.29 is 14.9 Å². The maximum Gasteiger partial charge on any atom is 0.163 e. The number of rotatable bonds is 4. The third-order valence-electron chi connectivity index (χ3n) is 2.42. The van der Waals surface area contributed by atoms with Gasteiger partial charge < -0.3 is 14.9 Å². The van der Waals surface area contributed by atoms with Crippen LogP contribution in [-0.4, -0.2) is 23.9 Å². The van der Waals surface area contributed by atoms with Crippen LogP contribution in [0.4, 0.5) is 0 Å². The molecule has 0 radical (unpaired) electrons. The average Bonchev–Trinajstić information content (AvgIpc) is 2.17. The molecule has 84 valence electrons. The molecule has 0 aromatic heterocycles. The van der Waals surface area contributed by atoms with E-state index in [0.29, 0.717) is 18.1 Å². The van der Waals surface area contributed by atoms with Crippen LogP contribution in [0.2, 0.25) is 0 Å². The standard InChI is InChI=1S/C12H18O3/c1-8(2)10-6-9(4-5-13)12(15-3)11(14)7-10/h6-8,13-14H,4-5H2,1-3H3. The van der Waals surface area contributed by atoms with Crippen LogP contribution in [0.5, 0.6) is 11.5 Å². The fraction of sp³-hybridized carbons (Fsp3) is 0.500. The third-order valence-corrected chi connectivity index (χ3v) is 2.42. The van der Waals surface area contributed by atoms with Crippen molar-refractivity contribution in [2.45, 2.75) is 26.2 Å². The topological polar surface area (TPSA) is 49.7 Å². The van der Waals surface area contributed by atoms with Gasteiger partial charge in [-0.05, 0) is 24.0 Å². The second-order valence-electron chi connectivity index (χ2n) is 3.86. The van der Waals surface area contributed by atoms with E-state index in [1.165, 1.54) is 7.11 Å². The Hall–Kier alpha value is -1.22. The van der Waals surface area contributed by atoms with Crippen LogP contribution in [0.1, 0.15) is 30.9 Å². The number of methoxy groups -OCH3 is 1. The molecule has 3 nitrogen and oxygen atoms in total. The van der Waals surface area contributed by atoms with E-state index in [9.17, 15) is 5.11 Å². The average molecular weight is 210 g/mol. The van der Waals surface area contributed by atoms with Gasteiger partial charge >= 0.3 is 0 Å². The largest absolute Gasteiger partial charge is 0.504 e. The maximum absolute atomic E-state index is 9.74. The highest BCUT2D eigenvalue weighted by Crippen LogP contribution is 2.34. The van der Waals surface area contributed by atoms with Crippen molar-refractivity contribution in [2.75, 3.05) is 13.7 Å². The molecule has 0 amide bonds. The van der Waals surface area contributed by atoms with Gasteiger partial charge in [0.2, 0.25) is 0 Å². The second kappa shape index (κ2) is 5.03. The Morgan fingerprint density at radius 3 is 2.47 bits per heavy atom. The van der Waals surface area contributed by atoms with E-state index in [4.69, 9.17) is 9.84 Å². The number of benzene rings is 1. The van der Waals surface area contributed by atoms with E-state index in [0.717, 1.165) is 11.1 Å². The first-order chi connectivity index (χ1) is 7.10. The Balaban J connectivity index is 3.19. The highest BCUT2D eigenvalue weighted by atomic mass is 16.5. The van der Waals surface area contributed by atoms with Gasteiger partial charge in [0.15, 0.2) is 11.5 Å². The van der Waals surface area contributed by atoms with Crippen molar-refractivity contribution in [3.63, 3.8) is 0 Å². The quantitative estimate of drug-likeness (QED) is 0.799. The summed E-state index contributed by atoms with van der Waals surface area (Å²) in [6.45, 7) is 4.17. The predicted molar refractivity (Wildman–Crippen MR) is 59.5 cm³/mol. The smallest absolute Gasteiger partial charge is 0.163 e. The van der Waals surface area contributed by atoms with E-state index in [2.05, 4.69) is 13.8 Å². The fourth-order valence-electron chi connectivity index (χ4n) is 1.57. The van der Waals surface area contributed by atoms with Gasteiger partial charge in [0, 0.05) is 12.2 Å². The molecule has 0 aliphatic carbocycles. The van der Waals surface area contributed by atoms with E-state index in [-0.39, 0.29) is 12.4 Å². The summed E-state index contributed by atoms with van der Waals surface area (Å²) in [5, 5.41) is 18.7. The summed E-state index contributed by atoms with van der Waals surface area (Å²) in [7, 11) is 1.52. The van der Waals surface area contributed by atoms with Gasteiger partial charge in [0.05, 0.1) is 7.11 Å². The van der Waals surface area contributed by atoms with Crippen molar-refractivity contribution in [3.8, 4) is 11.5 Å². The molecule has 0 bridgehead atoms. The summed E-state index contributed by atoms with van der Waals surface area (Å²) in [6.07, 6.45) is 0.497. The van der Waals surface area contributed by atoms with Crippen LogP contribution in [0, 0.1) is 0 Å². The van der Waals surface area contributed by atoms with Crippen LogP contribution >= 0.6 is 0 Å². The van der Waals surface area contributed by atoms with E-state index in [1.54, 1.807) is 6.07 Å². The SMILES string of the molecule is COc1c(O)cc(C(C)C)cc1CCO. The molecule has 0 atom stereocenters. The molecule has 0 saturated carbocycles. The van der Waals surface area contributed by atoms with Crippen molar-refractivity contribution in [1.29, 1.82) is 0 Å². The number of aliphatic hydroxyl groups is 1. The second-order valence-corrected chi connectivity index (χ2v) is 3.86. The van der Waals surface area contributed by atoms with E-state index in [1.807, 2.05) is 6.07 Å². The van der Waals surface area contributed by atoms with Gasteiger partial charge in [-0.2, -0.15) is 0 Å². The van der Waals surface area contributed by atoms with Crippen LogP contribution in [0.25, 0.3) is 0 Å². The molecule has 0 aliphatic heterocycles. The van der Waals surface area contributed by atoms with Crippen molar-refractivity contribution in [1.82, 2.24) is 0 Å². The molecular weight excluding hydrogens is 192 g/mol. The summed E-state index contributed by atoms with van der Waals surface area (Å²) in [5.74, 6) is 0.958. The van der Waals surface area contributed by atoms with Gasteiger partial charge in [-0.25, -0.2) is 0 Å². The molecule has 0 fully saturated rings. The lowest BCUT2D eigenvalue weighted by atomic mass is 9.98. The Kier molecular flexibility index (Phi) is 3.97. The van der Waals surface area contributed by atoms with Gasteiger partial charge in [-0.3, -0.25) is 0 Å². The van der Waals surface area contributed by atoms with Gasteiger partial charge in [-0.1, -0.05) is 19.9 Å². The van der Waals surface area contributed by atoms with Gasteiger partial charge in [0.25, 0.3) is 0 Å². The first-order valence-electron chi connectivity index (χ1n) is 5.10. The summed E-state index contributed by atoms with van der Waals surface area (Å²) < 4.78 is 5.10. The monoisotopic (exact) mass is 210 g/mol. The Morgan fingerprint density at radius 1 is 1.33 bits per heavy atom. The molecule has 0 saturated heterocycles. The van der Waals surface area contributed by atoms with Crippen LogP contribution in [-0.2, 0) is 6.42 Å². The molecular formula is C12H18O3. The maximum atomic E-state index is 9.74. The molecule has 0 aliphatic rings. The molecule has 0 heterocycles. The normalized spacial score (nSPS) is 10.7. The molecule has 2 N–H and O–H groups in total. The van der Waals surface area contributed by atoms with Crippen molar-refractivity contribution >= 4 is 0 Å². The zero-order valence-corrected chi connectivity index (χ0v) is 9.45. The van der Waals surface area contributed by atoms with E-state index < -0.39 is 0 Å². The molecule has 0 unspecified atom stereocenters. The molecule has 3 heteroatoms. The molecule has 1 rings (SSSR count). The number of ether oxygens (including phenoxy) is 1. The number of aliphatic hydroxyl groups excluding tert-OH is 1. The first-order valence-corrected chi connectivity index (χ1v) is 5.10. The summed E-state index contributed by atoms with van der Waals surface area (Å²) in [5.41, 5.74) is 1.90. The van der Waals surface area contributed by atoms with Crippen LogP contribution in [0.15, 0.2) is 12.1 Å². The highest BCUT2D eigenvalue weighted by Gasteiger charge is 2.12. The summed E-state index contributed by atoms with van der Waals surface area (Å²) in [4.78, 5) is 0. The number of phenols is 1. The van der Waals surface area contributed by atoms with Gasteiger partial charge in [0.1, 0.15) is 0 Å². The molecule has 1 aromatic carbocycles. The lowest BCUT2D eigenvalue weighted by molar-refractivity contribution is 0.295. The highest BCUT2D eigenvalue weighted by molar-refractivity contribution is 5.49. The number of phenolic OH excluding ortho intramolecular Hbond substituents is 1. The van der Waals surface area contributed by atoms with Gasteiger partial charge in [-0.15, -0.1) is 0 Å². The summed E-state index contributed by atoms with van der Waals surface area (Å²) >= 11 is 0. The lowest BCUT2D eigenvalue weighted by Crippen LogP contribution is -1.99. The van der Waals surface area contributed by atoms with Crippen molar-refractivity contribution in [3.05, 3.63) is 23.3 Å². The third kappa shape index (κ3) is 2.63. The Bertz CT molecular complexity index is 332. The first kappa shape index (κ1) is 11.9. The minimum atomic E-state index is 0.0529. The number of aromatic hydroxyl groups is 1. The fourth-order valence-corrected chi connectivity index (χ4v) is 1.57. The van der Waals surface area contributed by atoms with Crippen molar-refractivity contribution in [2.24, 2.45) is 0 Å². The summed E-state index contributed by atoms with van der Waals surface area (Å²) in [6, 6.07) is 3.68. The molecule has 0 spiro atoms. The lowest BCUT2D eigenvalue weighted by Gasteiger charge is -2.13. The van der Waals surface area contributed by atoms with Crippen LogP contribution < -0.4 is 4.74 Å². The van der Waals surface area contributed by atoms with Crippen LogP contribution in [0.3, 0.4) is 0 Å². The minimum Gasteiger partial charge on any atom is -0.504 e. The molecule has 15 heavy (non-hydrogen) atoms.